The lowest BCUT2D eigenvalue weighted by Gasteiger charge is -2.21. The van der Waals surface area contributed by atoms with Crippen molar-refractivity contribution >= 4 is 37.6 Å². The van der Waals surface area contributed by atoms with Crippen LogP contribution in [0.1, 0.15) is 32.1 Å². The Morgan fingerprint density at radius 1 is 1.00 bits per heavy atom. The maximum atomic E-state index is 6.18. The van der Waals surface area contributed by atoms with Crippen molar-refractivity contribution in [2.45, 2.75) is 32.1 Å². The summed E-state index contributed by atoms with van der Waals surface area (Å²) in [5, 5.41) is 5.58. The minimum atomic E-state index is 0.791. The summed E-state index contributed by atoms with van der Waals surface area (Å²) in [6.45, 7) is 1.03. The largest absolute Gasteiger partial charge is 0.457 e. The molecule has 2 aromatic carbocycles. The van der Waals surface area contributed by atoms with E-state index in [9.17, 15) is 0 Å². The predicted octanol–water partition coefficient (Wildman–Crippen LogP) is 6.63. The smallest absolute Gasteiger partial charge is 0.183 e. The molecule has 2 aromatic heterocycles. The van der Waals surface area contributed by atoms with Crippen LogP contribution in [0.2, 0.25) is 0 Å². The van der Waals surface area contributed by atoms with Gasteiger partial charge in [0, 0.05) is 24.2 Å². The van der Waals surface area contributed by atoms with E-state index in [0.717, 1.165) is 50.2 Å². The third kappa shape index (κ3) is 3.67. The molecule has 28 heavy (non-hydrogen) atoms. The van der Waals surface area contributed by atoms with Gasteiger partial charge in [-0.1, -0.05) is 42.7 Å². The van der Waals surface area contributed by atoms with E-state index in [4.69, 9.17) is 9.72 Å². The van der Waals surface area contributed by atoms with Gasteiger partial charge in [-0.3, -0.25) is 4.98 Å². The molecule has 5 heteroatoms. The van der Waals surface area contributed by atoms with Gasteiger partial charge in [-0.15, -0.1) is 0 Å². The molecule has 0 atom stereocenters. The van der Waals surface area contributed by atoms with Crippen molar-refractivity contribution in [3.05, 3.63) is 54.7 Å². The molecule has 4 nitrogen and oxygen atoms in total. The first kappa shape index (κ1) is 17.4. The molecule has 1 fully saturated rings. The van der Waals surface area contributed by atoms with Crippen molar-refractivity contribution in [3.63, 3.8) is 0 Å². The van der Waals surface area contributed by atoms with E-state index in [1.54, 1.807) is 17.5 Å². The highest BCUT2D eigenvalue weighted by Crippen LogP contribution is 2.34. The van der Waals surface area contributed by atoms with Crippen LogP contribution < -0.4 is 10.1 Å². The second-order valence-corrected chi connectivity index (χ2v) is 8.49. The van der Waals surface area contributed by atoms with Gasteiger partial charge in [-0.25, -0.2) is 4.98 Å². The number of ether oxygens (including phenoxy) is 1. The Hall–Kier alpha value is -2.66. The fourth-order valence-electron chi connectivity index (χ4n) is 3.95. The minimum absolute atomic E-state index is 0.791. The van der Waals surface area contributed by atoms with Crippen molar-refractivity contribution < 1.29 is 4.74 Å². The fraction of sp³-hybridized carbons (Fsp3) is 0.304. The van der Waals surface area contributed by atoms with Gasteiger partial charge in [-0.2, -0.15) is 0 Å². The SMILES string of the molecule is c1ccc2c(Oc3ccc4nc(NCC5CCCCC5)sc4c3)ccnc2c1. The highest BCUT2D eigenvalue weighted by atomic mass is 32.1. The highest BCUT2D eigenvalue weighted by Gasteiger charge is 2.14. The summed E-state index contributed by atoms with van der Waals surface area (Å²) in [7, 11) is 0. The van der Waals surface area contributed by atoms with E-state index in [1.807, 2.05) is 42.5 Å². The standard InChI is InChI=1S/C23H23N3OS/c1-2-6-16(7-3-1)15-25-23-26-20-11-10-17(14-22(20)28-23)27-21-12-13-24-19-9-5-4-8-18(19)21/h4-5,8-14,16H,1-3,6-7,15H2,(H,25,26). The van der Waals surface area contributed by atoms with E-state index in [1.165, 1.54) is 32.1 Å². The predicted molar refractivity (Wildman–Crippen MR) is 117 cm³/mol. The molecule has 1 aliphatic rings. The summed E-state index contributed by atoms with van der Waals surface area (Å²) >= 11 is 1.70. The zero-order valence-corrected chi connectivity index (χ0v) is 16.5. The van der Waals surface area contributed by atoms with Crippen LogP contribution in [0, 0.1) is 5.92 Å². The maximum Gasteiger partial charge on any atom is 0.183 e. The number of nitrogens with one attached hydrogen (secondary N) is 1. The molecule has 5 rings (SSSR count). The number of benzene rings is 2. The Labute approximate surface area is 168 Å². The van der Waals surface area contributed by atoms with Crippen LogP contribution in [0.3, 0.4) is 0 Å². The number of nitrogens with zero attached hydrogens (tertiary/aromatic N) is 2. The second-order valence-electron chi connectivity index (χ2n) is 7.46. The highest BCUT2D eigenvalue weighted by molar-refractivity contribution is 7.22. The van der Waals surface area contributed by atoms with Crippen LogP contribution in [0.25, 0.3) is 21.1 Å². The molecule has 0 radical (unpaired) electrons. The molecule has 0 bridgehead atoms. The number of hydrogen-bond donors (Lipinski definition) is 1. The van der Waals surface area contributed by atoms with Gasteiger partial charge in [0.2, 0.25) is 0 Å². The molecule has 1 N–H and O–H groups in total. The summed E-state index contributed by atoms with van der Waals surface area (Å²) in [6.07, 6.45) is 8.61. The average molecular weight is 390 g/mol. The van der Waals surface area contributed by atoms with Crippen LogP contribution in [0.5, 0.6) is 11.5 Å². The van der Waals surface area contributed by atoms with Crippen molar-refractivity contribution in [3.8, 4) is 11.5 Å². The molecule has 0 saturated heterocycles. The Morgan fingerprint density at radius 2 is 1.89 bits per heavy atom. The van der Waals surface area contributed by atoms with E-state index in [-0.39, 0.29) is 0 Å². The second kappa shape index (κ2) is 7.76. The van der Waals surface area contributed by atoms with Gasteiger partial charge in [-0.05, 0) is 49.1 Å². The van der Waals surface area contributed by atoms with Crippen molar-refractivity contribution in [1.82, 2.24) is 9.97 Å². The Morgan fingerprint density at radius 3 is 2.82 bits per heavy atom. The molecule has 0 aliphatic heterocycles. The van der Waals surface area contributed by atoms with Crippen LogP contribution in [-0.2, 0) is 0 Å². The quantitative estimate of drug-likeness (QED) is 0.416. The van der Waals surface area contributed by atoms with Gasteiger partial charge in [0.1, 0.15) is 11.5 Å². The zero-order valence-electron chi connectivity index (χ0n) is 15.7. The molecular formula is C23H23N3OS. The number of anilines is 1. The summed E-state index contributed by atoms with van der Waals surface area (Å²) in [5.74, 6) is 2.44. The monoisotopic (exact) mass is 389 g/mol. The Kier molecular flexibility index (Phi) is 4.83. The van der Waals surface area contributed by atoms with Crippen LogP contribution in [0.15, 0.2) is 54.7 Å². The number of rotatable bonds is 5. The van der Waals surface area contributed by atoms with Gasteiger partial charge in [0.25, 0.3) is 0 Å². The number of fused-ring (bicyclic) bond motifs is 2. The first-order chi connectivity index (χ1) is 13.8. The van der Waals surface area contributed by atoms with Crippen molar-refractivity contribution in [1.29, 1.82) is 0 Å². The molecule has 142 valence electrons. The fourth-order valence-corrected chi connectivity index (χ4v) is 4.85. The van der Waals surface area contributed by atoms with Crippen LogP contribution in [-0.4, -0.2) is 16.5 Å². The first-order valence-electron chi connectivity index (χ1n) is 10.0. The molecule has 0 spiro atoms. The topological polar surface area (TPSA) is 47.0 Å². The summed E-state index contributed by atoms with van der Waals surface area (Å²) in [6, 6.07) is 16.1. The van der Waals surface area contributed by atoms with Crippen LogP contribution in [0.4, 0.5) is 5.13 Å². The van der Waals surface area contributed by atoms with Gasteiger partial charge >= 0.3 is 0 Å². The maximum absolute atomic E-state index is 6.18. The third-order valence-electron chi connectivity index (χ3n) is 5.46. The molecule has 2 heterocycles. The van der Waals surface area contributed by atoms with E-state index < -0.39 is 0 Å². The lowest BCUT2D eigenvalue weighted by Crippen LogP contribution is -2.16. The number of hydrogen-bond acceptors (Lipinski definition) is 5. The van der Waals surface area contributed by atoms with Crippen molar-refractivity contribution in [2.75, 3.05) is 11.9 Å². The molecular weight excluding hydrogens is 366 g/mol. The molecule has 1 aliphatic carbocycles. The van der Waals surface area contributed by atoms with E-state index in [0.29, 0.717) is 0 Å². The lowest BCUT2D eigenvalue weighted by molar-refractivity contribution is 0.373. The summed E-state index contributed by atoms with van der Waals surface area (Å²) in [4.78, 5) is 9.14. The number of aromatic nitrogens is 2. The average Bonchev–Trinajstić information content (AvgIpc) is 3.16. The summed E-state index contributed by atoms with van der Waals surface area (Å²) < 4.78 is 7.32. The first-order valence-corrected chi connectivity index (χ1v) is 10.8. The zero-order chi connectivity index (χ0) is 18.8. The Bertz CT molecular complexity index is 1100. The number of para-hydroxylation sites is 1. The minimum Gasteiger partial charge on any atom is -0.457 e. The van der Waals surface area contributed by atoms with Gasteiger partial charge in [0.15, 0.2) is 5.13 Å². The summed E-state index contributed by atoms with van der Waals surface area (Å²) in [5.41, 5.74) is 1.95. The Balaban J connectivity index is 1.34. The molecule has 4 aromatic rings. The molecule has 0 unspecified atom stereocenters. The van der Waals surface area contributed by atoms with Gasteiger partial charge in [0.05, 0.1) is 15.7 Å². The third-order valence-corrected chi connectivity index (χ3v) is 6.44. The van der Waals surface area contributed by atoms with E-state index >= 15 is 0 Å². The normalized spacial score (nSPS) is 15.1. The number of thiazole rings is 1. The van der Waals surface area contributed by atoms with E-state index in [2.05, 4.69) is 16.4 Å². The van der Waals surface area contributed by atoms with Crippen molar-refractivity contribution in [2.24, 2.45) is 5.92 Å². The van der Waals surface area contributed by atoms with Gasteiger partial charge < -0.3 is 10.1 Å². The molecule has 1 saturated carbocycles. The van der Waals surface area contributed by atoms with Crippen LogP contribution >= 0.6 is 11.3 Å². The number of pyridine rings is 1. The molecule has 0 amide bonds. The lowest BCUT2D eigenvalue weighted by atomic mass is 9.89.